The molecule has 0 spiro atoms. The van der Waals surface area contributed by atoms with E-state index in [-0.39, 0.29) is 30.3 Å². The highest BCUT2D eigenvalue weighted by molar-refractivity contribution is 8.00. The Morgan fingerprint density at radius 2 is 1.77 bits per heavy atom. The van der Waals surface area contributed by atoms with E-state index in [2.05, 4.69) is 10.6 Å². The Bertz CT molecular complexity index is 1970. The first kappa shape index (κ1) is 31.8. The van der Waals surface area contributed by atoms with E-state index in [4.69, 9.17) is 14.2 Å². The smallest absolute Gasteiger partial charge is 0.272 e. The highest BCUT2D eigenvalue weighted by Gasteiger charge is 2.40. The zero-order valence-corrected chi connectivity index (χ0v) is 26.0. The van der Waals surface area contributed by atoms with E-state index in [0.29, 0.717) is 39.0 Å². The van der Waals surface area contributed by atoms with Crippen LogP contribution in [0.25, 0.3) is 6.08 Å². The molecule has 0 radical (unpaired) electrons. The van der Waals surface area contributed by atoms with Crippen LogP contribution in [0.15, 0.2) is 102 Å². The maximum Gasteiger partial charge on any atom is 0.272 e. The van der Waals surface area contributed by atoms with E-state index in [1.54, 1.807) is 66.7 Å². The Kier molecular flexibility index (Phi) is 9.07. The van der Waals surface area contributed by atoms with Gasteiger partial charge in [-0.3, -0.25) is 29.3 Å². The SMILES string of the molecule is COc1cc(/C=C(\NC(=O)c2ccccc2)C(=O)Nc2cccc(SC3CC(=O)N(c4ccc([N+](=O)[O-])cc4)C3=O)c2)cc2c1OCO2. The van der Waals surface area contributed by atoms with E-state index < -0.39 is 33.8 Å². The Morgan fingerprint density at radius 1 is 1.00 bits per heavy atom. The van der Waals surface area contributed by atoms with Gasteiger partial charge in [-0.2, -0.15) is 0 Å². The summed E-state index contributed by atoms with van der Waals surface area (Å²) in [5.74, 6) is -0.776. The van der Waals surface area contributed by atoms with E-state index in [9.17, 15) is 29.3 Å². The largest absolute Gasteiger partial charge is 0.493 e. The molecule has 1 unspecified atom stereocenters. The molecule has 48 heavy (non-hydrogen) atoms. The third-order valence-electron chi connectivity index (χ3n) is 7.31. The van der Waals surface area contributed by atoms with Crippen molar-refractivity contribution in [1.82, 2.24) is 5.32 Å². The minimum absolute atomic E-state index is 0.0149. The number of nitro groups is 1. The van der Waals surface area contributed by atoms with Crippen molar-refractivity contribution in [1.29, 1.82) is 0 Å². The molecule has 0 aliphatic carbocycles. The number of imide groups is 1. The summed E-state index contributed by atoms with van der Waals surface area (Å²) in [4.78, 5) is 64.8. The van der Waals surface area contributed by atoms with Crippen molar-refractivity contribution in [3.8, 4) is 17.2 Å². The minimum atomic E-state index is -0.750. The summed E-state index contributed by atoms with van der Waals surface area (Å²) in [6.45, 7) is 0.0149. The second-order valence-corrected chi connectivity index (χ2v) is 11.7. The minimum Gasteiger partial charge on any atom is -0.493 e. The molecule has 242 valence electrons. The van der Waals surface area contributed by atoms with Gasteiger partial charge in [0.15, 0.2) is 11.5 Å². The number of nitrogens with one attached hydrogen (secondary N) is 2. The molecular weight excluding hydrogens is 640 g/mol. The van der Waals surface area contributed by atoms with Crippen molar-refractivity contribution >= 4 is 58.5 Å². The van der Waals surface area contributed by atoms with E-state index in [1.807, 2.05) is 0 Å². The molecule has 1 atom stereocenters. The number of rotatable bonds is 10. The van der Waals surface area contributed by atoms with Crippen LogP contribution in [0.3, 0.4) is 0 Å². The highest BCUT2D eigenvalue weighted by Crippen LogP contribution is 2.42. The predicted octanol–water partition coefficient (Wildman–Crippen LogP) is 5.17. The number of benzene rings is 4. The zero-order chi connectivity index (χ0) is 33.8. The van der Waals surface area contributed by atoms with Crippen LogP contribution >= 0.6 is 11.8 Å². The number of amides is 4. The third-order valence-corrected chi connectivity index (χ3v) is 8.49. The summed E-state index contributed by atoms with van der Waals surface area (Å²) in [6, 6.07) is 23.6. The molecule has 2 heterocycles. The topological polar surface area (TPSA) is 166 Å². The van der Waals surface area contributed by atoms with Crippen molar-refractivity contribution in [2.45, 2.75) is 16.6 Å². The third kappa shape index (κ3) is 6.83. The van der Waals surface area contributed by atoms with Crippen molar-refractivity contribution in [3.63, 3.8) is 0 Å². The van der Waals surface area contributed by atoms with Crippen LogP contribution in [0.5, 0.6) is 17.2 Å². The number of carbonyl (C=O) groups is 4. The van der Waals surface area contributed by atoms with Crippen molar-refractivity contribution in [3.05, 3.63) is 118 Å². The summed E-state index contributed by atoms with van der Waals surface area (Å²) in [5.41, 5.74) is 1.24. The molecule has 6 rings (SSSR count). The number of non-ortho nitro benzene ring substituents is 1. The van der Waals surface area contributed by atoms with Gasteiger partial charge < -0.3 is 24.8 Å². The fraction of sp³-hybridized carbons (Fsp3) is 0.118. The van der Waals surface area contributed by atoms with Crippen molar-refractivity contribution in [2.75, 3.05) is 24.1 Å². The van der Waals surface area contributed by atoms with Crippen LogP contribution in [0.4, 0.5) is 17.1 Å². The Morgan fingerprint density at radius 3 is 2.50 bits per heavy atom. The van der Waals surface area contributed by atoms with Crippen LogP contribution in [-0.2, 0) is 14.4 Å². The lowest BCUT2D eigenvalue weighted by Crippen LogP contribution is -2.31. The molecule has 2 aliphatic heterocycles. The average Bonchev–Trinajstić information content (AvgIpc) is 3.67. The zero-order valence-electron chi connectivity index (χ0n) is 25.2. The molecule has 0 bridgehead atoms. The summed E-state index contributed by atoms with van der Waals surface area (Å²) in [5, 5.41) is 15.7. The molecule has 1 fully saturated rings. The maximum atomic E-state index is 13.7. The van der Waals surface area contributed by atoms with Gasteiger partial charge in [-0.25, -0.2) is 4.90 Å². The molecule has 2 N–H and O–H groups in total. The Balaban J connectivity index is 1.21. The quantitative estimate of drug-likeness (QED) is 0.0998. The van der Waals surface area contributed by atoms with Crippen LogP contribution in [0, 0.1) is 10.1 Å². The summed E-state index contributed by atoms with van der Waals surface area (Å²) >= 11 is 1.15. The van der Waals surface area contributed by atoms with Crippen LogP contribution in [-0.4, -0.2) is 47.7 Å². The Labute approximate surface area is 277 Å². The van der Waals surface area contributed by atoms with E-state index in [1.165, 1.54) is 37.5 Å². The van der Waals surface area contributed by atoms with Gasteiger partial charge >= 0.3 is 0 Å². The van der Waals surface area contributed by atoms with Gasteiger partial charge in [-0.1, -0.05) is 24.3 Å². The van der Waals surface area contributed by atoms with Gasteiger partial charge in [0.05, 0.1) is 23.0 Å². The first-order chi connectivity index (χ1) is 23.2. The van der Waals surface area contributed by atoms with Gasteiger partial charge in [0.25, 0.3) is 17.5 Å². The molecule has 13 nitrogen and oxygen atoms in total. The van der Waals surface area contributed by atoms with Gasteiger partial charge in [-0.15, -0.1) is 11.8 Å². The fourth-order valence-corrected chi connectivity index (χ4v) is 6.16. The van der Waals surface area contributed by atoms with Crippen molar-refractivity contribution < 1.29 is 38.3 Å². The monoisotopic (exact) mass is 666 g/mol. The summed E-state index contributed by atoms with van der Waals surface area (Å²) in [6.07, 6.45) is 1.41. The number of nitrogens with zero attached hydrogens (tertiary/aromatic N) is 2. The molecular formula is C34H26N4O9S. The molecule has 14 heteroatoms. The maximum absolute atomic E-state index is 13.7. The number of fused-ring (bicyclic) bond motifs is 1. The number of anilines is 2. The number of carbonyl (C=O) groups excluding carboxylic acids is 4. The first-order valence-electron chi connectivity index (χ1n) is 14.4. The molecule has 0 saturated carbocycles. The second kappa shape index (κ2) is 13.7. The standard InChI is InChI=1S/C34H26N4O9S/c1-45-27-15-20(16-28-31(27)47-19-46-28)14-26(36-32(40)21-6-3-2-4-7-21)33(41)35-22-8-5-9-25(17-22)48-29-18-30(39)37(34(29)42)23-10-12-24(13-11-23)38(43)44/h2-17,29H,18-19H2,1H3,(H,35,41)(H,36,40)/b26-14-. The molecule has 4 amide bonds. The molecule has 4 aromatic rings. The normalized spacial score (nSPS) is 15.3. The molecule has 1 saturated heterocycles. The number of hydrogen-bond donors (Lipinski definition) is 2. The average molecular weight is 667 g/mol. The molecule has 2 aliphatic rings. The number of methoxy groups -OCH3 is 1. The number of thioether (sulfide) groups is 1. The van der Waals surface area contributed by atoms with E-state index >= 15 is 0 Å². The summed E-state index contributed by atoms with van der Waals surface area (Å²) in [7, 11) is 1.48. The fourth-order valence-electron chi connectivity index (χ4n) is 5.04. The van der Waals surface area contributed by atoms with Gasteiger partial charge in [0.2, 0.25) is 24.4 Å². The highest BCUT2D eigenvalue weighted by atomic mass is 32.2. The van der Waals surface area contributed by atoms with Crippen LogP contribution < -0.4 is 29.7 Å². The number of ether oxygens (including phenoxy) is 3. The molecule has 0 aromatic heterocycles. The lowest BCUT2D eigenvalue weighted by atomic mass is 10.1. The molecule has 4 aromatic carbocycles. The lowest BCUT2D eigenvalue weighted by molar-refractivity contribution is -0.384. The Hall–Kier alpha value is -6.15. The van der Waals surface area contributed by atoms with Gasteiger partial charge in [0, 0.05) is 34.7 Å². The predicted molar refractivity (Wildman–Crippen MR) is 176 cm³/mol. The number of hydrogen-bond acceptors (Lipinski definition) is 10. The van der Waals surface area contributed by atoms with Crippen LogP contribution in [0.1, 0.15) is 22.3 Å². The van der Waals surface area contributed by atoms with Gasteiger partial charge in [0.1, 0.15) is 5.70 Å². The van der Waals surface area contributed by atoms with E-state index in [0.717, 1.165) is 16.7 Å². The van der Waals surface area contributed by atoms with Crippen molar-refractivity contribution in [2.24, 2.45) is 0 Å². The van der Waals surface area contributed by atoms with Crippen LogP contribution in [0.2, 0.25) is 0 Å². The number of nitro benzene ring substituents is 1. The van der Waals surface area contributed by atoms with Gasteiger partial charge in [-0.05, 0) is 66.2 Å². The summed E-state index contributed by atoms with van der Waals surface area (Å²) < 4.78 is 16.4. The second-order valence-electron chi connectivity index (χ2n) is 10.5. The lowest BCUT2D eigenvalue weighted by Gasteiger charge is -2.15. The first-order valence-corrected chi connectivity index (χ1v) is 15.3.